The lowest BCUT2D eigenvalue weighted by Gasteiger charge is -2.32. The molecule has 0 amide bonds. The summed E-state index contributed by atoms with van der Waals surface area (Å²) in [7, 11) is 0. The summed E-state index contributed by atoms with van der Waals surface area (Å²) in [4.78, 5) is 7.58. The van der Waals surface area contributed by atoms with Crippen LogP contribution in [-0.2, 0) is 4.84 Å². The third-order valence-electron chi connectivity index (χ3n) is 4.16. The molecule has 1 N–H and O–H groups in total. The lowest BCUT2D eigenvalue weighted by atomic mass is 9.98. The van der Waals surface area contributed by atoms with E-state index in [1.54, 1.807) is 12.3 Å². The van der Waals surface area contributed by atoms with E-state index < -0.39 is 11.6 Å². The van der Waals surface area contributed by atoms with E-state index in [4.69, 9.17) is 21.2 Å². The quantitative estimate of drug-likeness (QED) is 0.874. The van der Waals surface area contributed by atoms with Crippen LogP contribution >= 0.6 is 11.6 Å². The van der Waals surface area contributed by atoms with Crippen molar-refractivity contribution in [3.05, 3.63) is 52.9 Å². The molecule has 2 aliphatic heterocycles. The number of allylic oxidation sites excluding steroid dienone is 2. The van der Waals surface area contributed by atoms with Crippen LogP contribution in [0.25, 0.3) is 0 Å². The molecule has 0 spiro atoms. The van der Waals surface area contributed by atoms with Gasteiger partial charge in [0.15, 0.2) is 11.6 Å². The van der Waals surface area contributed by atoms with Gasteiger partial charge in [0.1, 0.15) is 5.76 Å². The van der Waals surface area contributed by atoms with Crippen LogP contribution in [0.5, 0.6) is 5.75 Å². The Labute approximate surface area is 144 Å². The maximum Gasteiger partial charge on any atom is 0.200 e. The lowest BCUT2D eigenvalue weighted by molar-refractivity contribution is 0.0915. The van der Waals surface area contributed by atoms with Crippen molar-refractivity contribution in [2.45, 2.75) is 12.8 Å². The summed E-state index contributed by atoms with van der Waals surface area (Å²) in [5, 5.41) is 0.608. The maximum absolute atomic E-state index is 13.6. The first-order chi connectivity index (χ1) is 11.6. The molecule has 0 aromatic heterocycles. The SMILES string of the molecule is Fc1cccc(OCC2CCN(CC3=CC(Cl)=CNO3)CC2)c1F. The summed E-state index contributed by atoms with van der Waals surface area (Å²) in [6.45, 7) is 2.86. The Kier molecular flexibility index (Phi) is 5.58. The fraction of sp³-hybridized carbons (Fsp3) is 0.412. The van der Waals surface area contributed by atoms with Crippen molar-refractivity contribution in [2.75, 3.05) is 26.2 Å². The van der Waals surface area contributed by atoms with Crippen LogP contribution in [0.15, 0.2) is 41.3 Å². The van der Waals surface area contributed by atoms with Crippen LogP contribution in [0.1, 0.15) is 12.8 Å². The highest BCUT2D eigenvalue weighted by Gasteiger charge is 2.22. The maximum atomic E-state index is 13.6. The van der Waals surface area contributed by atoms with E-state index in [1.165, 1.54) is 12.1 Å². The predicted molar refractivity (Wildman–Crippen MR) is 87.3 cm³/mol. The number of hydrogen-bond acceptors (Lipinski definition) is 4. The van der Waals surface area contributed by atoms with Gasteiger partial charge in [-0.2, -0.15) is 4.39 Å². The Morgan fingerprint density at radius 3 is 2.83 bits per heavy atom. The van der Waals surface area contributed by atoms with Crippen molar-refractivity contribution in [1.29, 1.82) is 0 Å². The van der Waals surface area contributed by atoms with E-state index in [0.29, 0.717) is 24.1 Å². The van der Waals surface area contributed by atoms with Gasteiger partial charge in [-0.25, -0.2) is 9.87 Å². The molecule has 2 heterocycles. The molecule has 0 unspecified atom stereocenters. The third kappa shape index (κ3) is 4.39. The summed E-state index contributed by atoms with van der Waals surface area (Å²) in [6.07, 6.45) is 5.24. The standard InChI is InChI=1S/C17H19ClF2N2O2/c18-13-8-14(24-21-9-13)10-22-6-4-12(5-7-22)11-23-16-3-1-2-15(19)17(16)20/h1-3,8-9,12,21H,4-7,10-11H2. The fourth-order valence-corrected chi connectivity index (χ4v) is 2.97. The van der Waals surface area contributed by atoms with E-state index in [2.05, 4.69) is 10.4 Å². The Balaban J connectivity index is 1.44. The van der Waals surface area contributed by atoms with Gasteiger partial charge < -0.3 is 9.57 Å². The Morgan fingerprint density at radius 1 is 1.29 bits per heavy atom. The number of likely N-dealkylation sites (tertiary alicyclic amines) is 1. The van der Waals surface area contributed by atoms with Gasteiger partial charge in [-0.05, 0) is 44.0 Å². The molecule has 4 nitrogen and oxygen atoms in total. The van der Waals surface area contributed by atoms with Gasteiger partial charge in [0.2, 0.25) is 5.82 Å². The number of rotatable bonds is 5. The minimum atomic E-state index is -0.922. The second-order valence-electron chi connectivity index (χ2n) is 5.94. The number of hydroxylamine groups is 1. The first-order valence-electron chi connectivity index (χ1n) is 7.89. The van der Waals surface area contributed by atoms with Gasteiger partial charge in [0.05, 0.1) is 24.4 Å². The molecule has 1 aromatic rings. The van der Waals surface area contributed by atoms with Crippen molar-refractivity contribution in [3.63, 3.8) is 0 Å². The van der Waals surface area contributed by atoms with Crippen molar-refractivity contribution in [1.82, 2.24) is 10.4 Å². The zero-order valence-electron chi connectivity index (χ0n) is 13.1. The summed E-state index contributed by atoms with van der Waals surface area (Å²) in [5.41, 5.74) is 2.66. The molecule has 0 atom stereocenters. The highest BCUT2D eigenvalue weighted by atomic mass is 35.5. The van der Waals surface area contributed by atoms with Gasteiger partial charge in [-0.3, -0.25) is 4.90 Å². The van der Waals surface area contributed by atoms with Crippen molar-refractivity contribution < 1.29 is 18.4 Å². The molecule has 0 radical (unpaired) electrons. The van der Waals surface area contributed by atoms with Gasteiger partial charge >= 0.3 is 0 Å². The van der Waals surface area contributed by atoms with Crippen LogP contribution < -0.4 is 10.2 Å². The molecule has 1 saturated heterocycles. The fourth-order valence-electron chi connectivity index (χ4n) is 2.80. The number of nitrogens with zero attached hydrogens (tertiary/aromatic N) is 1. The van der Waals surface area contributed by atoms with Crippen molar-refractivity contribution in [3.8, 4) is 5.75 Å². The number of ether oxygens (including phenoxy) is 1. The minimum Gasteiger partial charge on any atom is -0.490 e. The largest absolute Gasteiger partial charge is 0.490 e. The average Bonchev–Trinajstić information content (AvgIpc) is 2.58. The molecule has 0 aliphatic carbocycles. The smallest absolute Gasteiger partial charge is 0.200 e. The second kappa shape index (κ2) is 7.85. The summed E-state index contributed by atoms with van der Waals surface area (Å²) in [5.74, 6) is -0.727. The molecule has 24 heavy (non-hydrogen) atoms. The summed E-state index contributed by atoms with van der Waals surface area (Å²) in [6, 6.07) is 3.98. The zero-order chi connectivity index (χ0) is 16.9. The number of hydrogen-bond donors (Lipinski definition) is 1. The zero-order valence-corrected chi connectivity index (χ0v) is 13.9. The molecule has 0 saturated carbocycles. The Bertz CT molecular complexity index is 643. The number of benzene rings is 1. The van der Waals surface area contributed by atoms with Crippen LogP contribution in [0.3, 0.4) is 0 Å². The highest BCUT2D eigenvalue weighted by molar-refractivity contribution is 6.31. The Morgan fingerprint density at radius 2 is 2.08 bits per heavy atom. The first kappa shape index (κ1) is 17.0. The molecule has 1 fully saturated rings. The normalized spacial score (nSPS) is 19.1. The second-order valence-corrected chi connectivity index (χ2v) is 6.38. The van der Waals surface area contributed by atoms with Crippen molar-refractivity contribution >= 4 is 11.6 Å². The van der Waals surface area contributed by atoms with E-state index >= 15 is 0 Å². The van der Waals surface area contributed by atoms with Crippen LogP contribution in [-0.4, -0.2) is 31.1 Å². The summed E-state index contributed by atoms with van der Waals surface area (Å²) >= 11 is 5.93. The third-order valence-corrected chi connectivity index (χ3v) is 4.38. The van der Waals surface area contributed by atoms with E-state index in [1.807, 2.05) is 0 Å². The van der Waals surface area contributed by atoms with Crippen molar-refractivity contribution in [2.24, 2.45) is 5.92 Å². The topological polar surface area (TPSA) is 33.7 Å². The monoisotopic (exact) mass is 356 g/mol. The molecule has 3 rings (SSSR count). The van der Waals surface area contributed by atoms with Gasteiger partial charge in [0.25, 0.3) is 0 Å². The van der Waals surface area contributed by atoms with E-state index in [-0.39, 0.29) is 5.75 Å². The molecule has 130 valence electrons. The van der Waals surface area contributed by atoms with E-state index in [0.717, 1.165) is 37.8 Å². The summed E-state index contributed by atoms with van der Waals surface area (Å²) < 4.78 is 32.2. The predicted octanol–water partition coefficient (Wildman–Crippen LogP) is 3.55. The van der Waals surface area contributed by atoms with Crippen LogP contribution in [0, 0.1) is 17.6 Å². The van der Waals surface area contributed by atoms with Crippen LogP contribution in [0.2, 0.25) is 0 Å². The van der Waals surface area contributed by atoms with E-state index in [9.17, 15) is 8.78 Å². The number of piperidine rings is 1. The van der Waals surface area contributed by atoms with Crippen LogP contribution in [0.4, 0.5) is 8.78 Å². The average molecular weight is 357 g/mol. The van der Waals surface area contributed by atoms with Gasteiger partial charge in [0, 0.05) is 6.08 Å². The number of nitrogens with one attached hydrogen (secondary N) is 1. The molecule has 2 aliphatic rings. The first-order valence-corrected chi connectivity index (χ1v) is 8.27. The van der Waals surface area contributed by atoms with Gasteiger partial charge in [-0.15, -0.1) is 0 Å². The molecule has 0 bridgehead atoms. The molecule has 7 heteroatoms. The number of halogens is 3. The Hall–Kier alpha value is -1.79. The lowest BCUT2D eigenvalue weighted by Crippen LogP contribution is -2.37. The van der Waals surface area contributed by atoms with Gasteiger partial charge in [-0.1, -0.05) is 17.7 Å². The molecular formula is C17H19ClF2N2O2. The minimum absolute atomic E-state index is 0.0225. The molecule has 1 aromatic carbocycles. The highest BCUT2D eigenvalue weighted by Crippen LogP contribution is 2.23. The molecular weight excluding hydrogens is 338 g/mol.